The number of hydrogen-bond acceptors (Lipinski definition) is 2. The summed E-state index contributed by atoms with van der Waals surface area (Å²) in [6, 6.07) is 10.3. The lowest BCUT2D eigenvalue weighted by Crippen LogP contribution is -1.99. The number of benzene rings is 1. The number of thiophene rings is 1. The first-order valence-corrected chi connectivity index (χ1v) is 8.85. The lowest BCUT2D eigenvalue weighted by Gasteiger charge is -2.02. The Morgan fingerprint density at radius 2 is 2.00 bits per heavy atom. The zero-order chi connectivity index (χ0) is 14.7. The second-order valence-electron chi connectivity index (χ2n) is 5.90. The van der Waals surface area contributed by atoms with E-state index in [9.17, 15) is 4.79 Å². The van der Waals surface area contributed by atoms with Crippen LogP contribution in [-0.2, 0) is 19.3 Å². The lowest BCUT2D eigenvalue weighted by atomic mass is 10.0. The van der Waals surface area contributed by atoms with E-state index in [-0.39, 0.29) is 5.78 Å². The third-order valence-corrected chi connectivity index (χ3v) is 5.43. The average molecular weight is 298 g/mol. The first-order valence-electron chi connectivity index (χ1n) is 8.03. The van der Waals surface area contributed by atoms with Crippen LogP contribution in [-0.4, -0.2) is 5.78 Å². The fraction of sp³-hybridized carbons (Fsp3) is 0.421. The molecule has 0 unspecified atom stereocenters. The van der Waals surface area contributed by atoms with Gasteiger partial charge in [-0.15, -0.1) is 11.3 Å². The molecule has 0 N–H and O–H groups in total. The van der Waals surface area contributed by atoms with Gasteiger partial charge in [0.1, 0.15) is 0 Å². The van der Waals surface area contributed by atoms with Crippen LogP contribution in [0.1, 0.15) is 63.8 Å². The molecule has 0 saturated heterocycles. The van der Waals surface area contributed by atoms with Gasteiger partial charge >= 0.3 is 0 Å². The van der Waals surface area contributed by atoms with Crippen LogP contribution in [0.25, 0.3) is 0 Å². The van der Waals surface area contributed by atoms with Crippen LogP contribution in [0.2, 0.25) is 0 Å². The van der Waals surface area contributed by atoms with E-state index >= 15 is 0 Å². The zero-order valence-corrected chi connectivity index (χ0v) is 13.5. The predicted molar refractivity (Wildman–Crippen MR) is 89.4 cm³/mol. The van der Waals surface area contributed by atoms with Gasteiger partial charge in [-0.05, 0) is 55.4 Å². The second kappa shape index (κ2) is 6.57. The van der Waals surface area contributed by atoms with Crippen molar-refractivity contribution >= 4 is 17.1 Å². The molecule has 0 bridgehead atoms. The van der Waals surface area contributed by atoms with E-state index < -0.39 is 0 Å². The molecule has 0 aliphatic heterocycles. The molecule has 1 aromatic carbocycles. The maximum atomic E-state index is 12.7. The largest absolute Gasteiger partial charge is 0.288 e. The van der Waals surface area contributed by atoms with E-state index in [1.807, 2.05) is 12.1 Å². The number of aryl methyl sites for hydroxylation is 3. The Labute approximate surface area is 131 Å². The van der Waals surface area contributed by atoms with Crippen LogP contribution in [0.15, 0.2) is 30.3 Å². The maximum absolute atomic E-state index is 12.7. The summed E-state index contributed by atoms with van der Waals surface area (Å²) >= 11 is 1.72. The van der Waals surface area contributed by atoms with Crippen molar-refractivity contribution in [2.45, 2.75) is 51.9 Å². The summed E-state index contributed by atoms with van der Waals surface area (Å²) in [5, 5.41) is 0. The van der Waals surface area contributed by atoms with Crippen molar-refractivity contribution in [3.63, 3.8) is 0 Å². The summed E-state index contributed by atoms with van der Waals surface area (Å²) in [4.78, 5) is 15.1. The molecule has 0 atom stereocenters. The van der Waals surface area contributed by atoms with Crippen molar-refractivity contribution in [1.29, 1.82) is 0 Å². The van der Waals surface area contributed by atoms with Gasteiger partial charge in [-0.2, -0.15) is 0 Å². The molecule has 1 aliphatic rings. The predicted octanol–water partition coefficient (Wildman–Crippen LogP) is 5.20. The molecule has 2 heteroatoms. The molecule has 0 fully saturated rings. The van der Waals surface area contributed by atoms with E-state index in [1.165, 1.54) is 35.3 Å². The van der Waals surface area contributed by atoms with Crippen LogP contribution < -0.4 is 0 Å². The van der Waals surface area contributed by atoms with Gasteiger partial charge in [0.25, 0.3) is 0 Å². The standard InChI is InChI=1S/C19H22OS/c1-2-7-14-8-6-10-16(12-14)19(20)18-13-15-9-4-3-5-11-17(15)21-18/h6,8,10,12-13H,2-5,7,9,11H2,1H3. The first kappa shape index (κ1) is 14.5. The Morgan fingerprint density at radius 3 is 2.86 bits per heavy atom. The highest BCUT2D eigenvalue weighted by atomic mass is 32.1. The van der Waals surface area contributed by atoms with Gasteiger partial charge in [0.2, 0.25) is 5.78 Å². The van der Waals surface area contributed by atoms with Crippen LogP contribution >= 0.6 is 11.3 Å². The minimum Gasteiger partial charge on any atom is -0.288 e. The molecule has 0 spiro atoms. The number of rotatable bonds is 4. The van der Waals surface area contributed by atoms with Crippen LogP contribution in [0.5, 0.6) is 0 Å². The normalized spacial score (nSPS) is 14.5. The molecule has 0 amide bonds. The van der Waals surface area contributed by atoms with Gasteiger partial charge in [-0.1, -0.05) is 38.0 Å². The monoisotopic (exact) mass is 298 g/mol. The molecule has 1 aliphatic carbocycles. The molecular formula is C19H22OS. The van der Waals surface area contributed by atoms with E-state index in [2.05, 4.69) is 25.1 Å². The Morgan fingerprint density at radius 1 is 1.14 bits per heavy atom. The highest BCUT2D eigenvalue weighted by Crippen LogP contribution is 2.30. The number of carbonyl (C=O) groups is 1. The highest BCUT2D eigenvalue weighted by molar-refractivity contribution is 7.14. The number of hydrogen-bond donors (Lipinski definition) is 0. The molecule has 0 radical (unpaired) electrons. The molecule has 0 saturated carbocycles. The molecule has 2 aromatic rings. The smallest absolute Gasteiger partial charge is 0.202 e. The van der Waals surface area contributed by atoms with Gasteiger partial charge in [-0.3, -0.25) is 4.79 Å². The van der Waals surface area contributed by atoms with Crippen LogP contribution in [0.3, 0.4) is 0 Å². The van der Waals surface area contributed by atoms with E-state index in [0.29, 0.717) is 0 Å². The molecule has 1 aromatic heterocycles. The lowest BCUT2D eigenvalue weighted by molar-refractivity contribution is 0.104. The average Bonchev–Trinajstić information content (AvgIpc) is 2.78. The van der Waals surface area contributed by atoms with Gasteiger partial charge < -0.3 is 0 Å². The summed E-state index contributed by atoms with van der Waals surface area (Å²) in [6.07, 6.45) is 8.32. The van der Waals surface area contributed by atoms with Gasteiger partial charge in [0, 0.05) is 10.4 Å². The Hall–Kier alpha value is -1.41. The number of fused-ring (bicyclic) bond motifs is 1. The van der Waals surface area contributed by atoms with Crippen LogP contribution in [0, 0.1) is 0 Å². The van der Waals surface area contributed by atoms with Crippen LogP contribution in [0.4, 0.5) is 0 Å². The first-order chi connectivity index (χ1) is 10.3. The SMILES string of the molecule is CCCc1cccc(C(=O)c2cc3c(s2)CCCCC3)c1. The van der Waals surface area contributed by atoms with Gasteiger partial charge in [0.15, 0.2) is 0 Å². The van der Waals surface area contributed by atoms with Gasteiger partial charge in [0.05, 0.1) is 4.88 Å². The molecule has 21 heavy (non-hydrogen) atoms. The molecule has 1 nitrogen and oxygen atoms in total. The van der Waals surface area contributed by atoms with Crippen molar-refractivity contribution in [2.75, 3.05) is 0 Å². The van der Waals surface area contributed by atoms with Crippen molar-refractivity contribution in [3.8, 4) is 0 Å². The fourth-order valence-corrected chi connectivity index (χ4v) is 4.29. The summed E-state index contributed by atoms with van der Waals surface area (Å²) in [5.41, 5.74) is 3.53. The summed E-state index contributed by atoms with van der Waals surface area (Å²) in [7, 11) is 0. The third kappa shape index (κ3) is 3.26. The summed E-state index contributed by atoms with van der Waals surface area (Å²) < 4.78 is 0. The van der Waals surface area contributed by atoms with E-state index in [1.54, 1.807) is 11.3 Å². The Bertz CT molecular complexity index is 615. The highest BCUT2D eigenvalue weighted by Gasteiger charge is 2.17. The Balaban J connectivity index is 1.86. The minimum absolute atomic E-state index is 0.200. The second-order valence-corrected chi connectivity index (χ2v) is 7.04. The third-order valence-electron chi connectivity index (χ3n) is 4.20. The van der Waals surface area contributed by atoms with Gasteiger partial charge in [-0.25, -0.2) is 0 Å². The fourth-order valence-electron chi connectivity index (χ4n) is 3.08. The quantitative estimate of drug-likeness (QED) is 0.560. The number of ketones is 1. The Kier molecular flexibility index (Phi) is 4.54. The minimum atomic E-state index is 0.200. The van der Waals surface area contributed by atoms with Crippen molar-refractivity contribution in [3.05, 3.63) is 56.8 Å². The van der Waals surface area contributed by atoms with Crippen molar-refractivity contribution in [2.24, 2.45) is 0 Å². The topological polar surface area (TPSA) is 17.1 Å². The molecular weight excluding hydrogens is 276 g/mol. The van der Waals surface area contributed by atoms with E-state index in [0.717, 1.165) is 36.1 Å². The molecule has 1 heterocycles. The summed E-state index contributed by atoms with van der Waals surface area (Å²) in [6.45, 7) is 2.17. The number of carbonyl (C=O) groups excluding carboxylic acids is 1. The zero-order valence-electron chi connectivity index (χ0n) is 12.7. The van der Waals surface area contributed by atoms with Crippen molar-refractivity contribution < 1.29 is 4.79 Å². The van der Waals surface area contributed by atoms with Crippen molar-refractivity contribution in [1.82, 2.24) is 0 Å². The summed E-state index contributed by atoms with van der Waals surface area (Å²) in [5.74, 6) is 0.200. The molecule has 110 valence electrons. The van der Waals surface area contributed by atoms with E-state index in [4.69, 9.17) is 0 Å². The molecule has 3 rings (SSSR count). The maximum Gasteiger partial charge on any atom is 0.202 e.